The minimum Gasteiger partial charge on any atom is -0.393 e. The summed E-state index contributed by atoms with van der Waals surface area (Å²) in [6, 6.07) is 0. The van der Waals surface area contributed by atoms with Gasteiger partial charge in [-0.05, 0) is 87.9 Å². The molecule has 43 heavy (non-hydrogen) atoms. The molecule has 2 atom stereocenters. The predicted octanol–water partition coefficient (Wildman–Crippen LogP) is 9.52. The highest BCUT2D eigenvalue weighted by molar-refractivity contribution is 5.40. The van der Waals surface area contributed by atoms with E-state index in [1.54, 1.807) is 0 Å². The van der Waals surface area contributed by atoms with Gasteiger partial charge < -0.3 is 15.3 Å². The van der Waals surface area contributed by atoms with Crippen molar-refractivity contribution >= 4 is 0 Å². The zero-order chi connectivity index (χ0) is 32.2. The third-order valence-corrected chi connectivity index (χ3v) is 8.33. The molecule has 0 fully saturated rings. The first-order valence-corrected chi connectivity index (χ1v) is 15.6. The lowest BCUT2D eigenvalue weighted by atomic mass is 9.71. The predicted molar refractivity (Wildman–Crippen MR) is 186 cm³/mol. The number of allylic oxidation sites excluding steroid dienone is 18. The molecule has 234 valence electrons. The van der Waals surface area contributed by atoms with Crippen molar-refractivity contribution in [2.24, 2.45) is 10.8 Å². The Morgan fingerprint density at radius 3 is 1.47 bits per heavy atom. The SMILES string of the molecule is CC1=C(/C=C/C(=C/C=C/C(C)=C/C=C/C=C(C)/C=C/C=C(C)/C=C/C2=C(C)CC(O)CC2(C)C)CO)C(C)(C)CC(O)C1. The fourth-order valence-electron chi connectivity index (χ4n) is 6.18. The summed E-state index contributed by atoms with van der Waals surface area (Å²) in [7, 11) is 0. The number of aliphatic hydroxyl groups excluding tert-OH is 3. The molecule has 0 heterocycles. The summed E-state index contributed by atoms with van der Waals surface area (Å²) in [5.41, 5.74) is 9.30. The highest BCUT2D eigenvalue weighted by Gasteiger charge is 2.32. The highest BCUT2D eigenvalue weighted by Crippen LogP contribution is 2.42. The maximum absolute atomic E-state index is 10.1. The number of aliphatic hydroxyl groups is 3. The molecular formula is C40H56O3. The van der Waals surface area contributed by atoms with Crippen molar-refractivity contribution in [1.29, 1.82) is 0 Å². The van der Waals surface area contributed by atoms with Crippen LogP contribution in [0.5, 0.6) is 0 Å². The molecule has 2 aliphatic carbocycles. The molecule has 0 saturated heterocycles. The van der Waals surface area contributed by atoms with Crippen molar-refractivity contribution in [3.8, 4) is 0 Å². The van der Waals surface area contributed by atoms with Gasteiger partial charge in [-0.25, -0.2) is 0 Å². The van der Waals surface area contributed by atoms with Crippen LogP contribution in [0.2, 0.25) is 0 Å². The van der Waals surface area contributed by atoms with E-state index in [2.05, 4.69) is 111 Å². The summed E-state index contributed by atoms with van der Waals surface area (Å²) in [6.07, 6.45) is 31.5. The second-order valence-electron chi connectivity index (χ2n) is 13.7. The van der Waals surface area contributed by atoms with E-state index < -0.39 is 0 Å². The Hall–Kier alpha value is -2.98. The monoisotopic (exact) mass is 584 g/mol. The summed E-state index contributed by atoms with van der Waals surface area (Å²) in [4.78, 5) is 0. The Morgan fingerprint density at radius 2 is 1.02 bits per heavy atom. The molecule has 0 aromatic heterocycles. The van der Waals surface area contributed by atoms with E-state index in [1.807, 2.05) is 36.5 Å². The summed E-state index contributed by atoms with van der Waals surface area (Å²) in [6.45, 7) is 19.2. The molecule has 0 saturated carbocycles. The largest absolute Gasteiger partial charge is 0.393 e. The van der Waals surface area contributed by atoms with Crippen molar-refractivity contribution in [1.82, 2.24) is 0 Å². The van der Waals surface area contributed by atoms with Crippen LogP contribution in [-0.2, 0) is 0 Å². The molecule has 3 heteroatoms. The van der Waals surface area contributed by atoms with Crippen molar-refractivity contribution in [2.75, 3.05) is 6.61 Å². The van der Waals surface area contributed by atoms with Gasteiger partial charge in [0.1, 0.15) is 0 Å². The van der Waals surface area contributed by atoms with E-state index in [0.29, 0.717) is 6.42 Å². The van der Waals surface area contributed by atoms with Gasteiger partial charge in [0.05, 0.1) is 18.8 Å². The Bertz CT molecular complexity index is 1310. The molecule has 3 nitrogen and oxygen atoms in total. The van der Waals surface area contributed by atoms with Gasteiger partial charge in [-0.1, -0.05) is 141 Å². The highest BCUT2D eigenvalue weighted by atomic mass is 16.3. The Kier molecular flexibility index (Phi) is 14.1. The van der Waals surface area contributed by atoms with Crippen molar-refractivity contribution in [3.05, 3.63) is 130 Å². The van der Waals surface area contributed by atoms with E-state index in [4.69, 9.17) is 0 Å². The minimum absolute atomic E-state index is 0.00502. The summed E-state index contributed by atoms with van der Waals surface area (Å²) < 4.78 is 0. The quantitative estimate of drug-likeness (QED) is 0.212. The van der Waals surface area contributed by atoms with E-state index in [9.17, 15) is 15.3 Å². The third-order valence-electron chi connectivity index (χ3n) is 8.33. The Morgan fingerprint density at radius 1 is 0.628 bits per heavy atom. The molecule has 0 aromatic rings. The molecule has 0 radical (unpaired) electrons. The molecule has 0 aromatic carbocycles. The van der Waals surface area contributed by atoms with Crippen LogP contribution in [0.15, 0.2) is 130 Å². The van der Waals surface area contributed by atoms with Crippen molar-refractivity contribution in [3.63, 3.8) is 0 Å². The van der Waals surface area contributed by atoms with Crippen LogP contribution in [0.1, 0.15) is 88.0 Å². The normalized spacial score (nSPS) is 24.7. The average Bonchev–Trinajstić information content (AvgIpc) is 2.87. The second-order valence-corrected chi connectivity index (χ2v) is 13.7. The molecule has 3 N–H and O–H groups in total. The Labute approximate surface area is 262 Å². The maximum atomic E-state index is 10.1. The first-order chi connectivity index (χ1) is 20.1. The van der Waals surface area contributed by atoms with E-state index >= 15 is 0 Å². The zero-order valence-electron chi connectivity index (χ0n) is 28.1. The van der Waals surface area contributed by atoms with Crippen LogP contribution in [0, 0.1) is 10.8 Å². The van der Waals surface area contributed by atoms with Gasteiger partial charge in [0.15, 0.2) is 0 Å². The van der Waals surface area contributed by atoms with Crippen LogP contribution >= 0.6 is 0 Å². The summed E-state index contributed by atoms with van der Waals surface area (Å²) >= 11 is 0. The van der Waals surface area contributed by atoms with Gasteiger partial charge in [-0.15, -0.1) is 0 Å². The topological polar surface area (TPSA) is 60.7 Å². The van der Waals surface area contributed by atoms with Gasteiger partial charge in [0.2, 0.25) is 0 Å². The van der Waals surface area contributed by atoms with Crippen molar-refractivity contribution in [2.45, 2.75) is 100 Å². The lowest BCUT2D eigenvalue weighted by Gasteiger charge is -2.35. The molecule has 0 aliphatic heterocycles. The van der Waals surface area contributed by atoms with Gasteiger partial charge in [-0.2, -0.15) is 0 Å². The number of hydrogen-bond donors (Lipinski definition) is 3. The van der Waals surface area contributed by atoms with E-state index in [0.717, 1.165) is 36.0 Å². The molecule has 2 unspecified atom stereocenters. The van der Waals surface area contributed by atoms with Crippen LogP contribution < -0.4 is 0 Å². The molecular weight excluding hydrogens is 528 g/mol. The van der Waals surface area contributed by atoms with Gasteiger partial charge in [0.25, 0.3) is 0 Å². The lowest BCUT2D eigenvalue weighted by molar-refractivity contribution is 0.116. The molecule has 0 bridgehead atoms. The van der Waals surface area contributed by atoms with Gasteiger partial charge in [0, 0.05) is 0 Å². The van der Waals surface area contributed by atoms with Crippen LogP contribution in [0.25, 0.3) is 0 Å². The minimum atomic E-state index is -0.276. The van der Waals surface area contributed by atoms with Crippen LogP contribution in [-0.4, -0.2) is 34.1 Å². The summed E-state index contributed by atoms with van der Waals surface area (Å²) in [5.74, 6) is 0. The first-order valence-electron chi connectivity index (χ1n) is 15.6. The fourth-order valence-corrected chi connectivity index (χ4v) is 6.18. The van der Waals surface area contributed by atoms with E-state index in [1.165, 1.54) is 27.9 Å². The maximum Gasteiger partial charge on any atom is 0.0681 e. The molecule has 0 spiro atoms. The Balaban J connectivity index is 1.94. The van der Waals surface area contributed by atoms with E-state index in [-0.39, 0.29) is 29.6 Å². The zero-order valence-corrected chi connectivity index (χ0v) is 28.1. The van der Waals surface area contributed by atoms with Crippen LogP contribution in [0.3, 0.4) is 0 Å². The molecule has 2 aliphatic rings. The standard InChI is InChI=1S/C40H56O3/c1-29(16-12-17-31(3)20-22-37-32(4)24-35(42)26-39(37,6)7)14-10-11-15-30(2)18-13-19-34(28-41)21-23-38-33(5)25-36(43)27-40(38,8)9/h10-23,35-36,41-43H,24-28H2,1-9H3/b11-10+,16-12+,18-13+,22-20+,23-21+,29-14+,30-15+,31-17+,34-19-. The average molecular weight is 585 g/mol. The molecule has 0 amide bonds. The van der Waals surface area contributed by atoms with Gasteiger partial charge >= 0.3 is 0 Å². The fraction of sp³-hybridized carbons (Fsp3) is 0.450. The second kappa shape index (κ2) is 16.8. The first kappa shape index (κ1) is 36.2. The lowest BCUT2D eigenvalue weighted by Crippen LogP contribution is -2.28. The van der Waals surface area contributed by atoms with Crippen molar-refractivity contribution < 1.29 is 15.3 Å². The third kappa shape index (κ3) is 12.3. The molecule has 2 rings (SSSR count). The van der Waals surface area contributed by atoms with Crippen LogP contribution in [0.4, 0.5) is 0 Å². The number of rotatable bonds is 11. The smallest absolute Gasteiger partial charge is 0.0681 e. The summed E-state index contributed by atoms with van der Waals surface area (Å²) in [5, 5.41) is 30.0. The number of hydrogen-bond acceptors (Lipinski definition) is 3. The van der Waals surface area contributed by atoms with Gasteiger partial charge in [-0.3, -0.25) is 0 Å².